The Morgan fingerprint density at radius 1 is 1.35 bits per heavy atom. The number of hydrogen-bond acceptors (Lipinski definition) is 2. The van der Waals surface area contributed by atoms with Crippen molar-refractivity contribution in [2.24, 2.45) is 0 Å². The Morgan fingerprint density at radius 2 is 2.18 bits per heavy atom. The van der Waals surface area contributed by atoms with Gasteiger partial charge in [0.25, 0.3) is 0 Å². The van der Waals surface area contributed by atoms with Crippen molar-refractivity contribution in [1.82, 2.24) is 0 Å². The fourth-order valence-electron chi connectivity index (χ4n) is 2.54. The second-order valence-electron chi connectivity index (χ2n) is 4.83. The molecule has 0 spiro atoms. The van der Waals surface area contributed by atoms with Crippen LogP contribution in [0.4, 0.5) is 0 Å². The van der Waals surface area contributed by atoms with Crippen LogP contribution in [0.15, 0.2) is 24.3 Å². The Bertz CT molecular complexity index is 349. The SMILES string of the molecule is CCCC(O)CCC1OCCc2ccccc21. The zero-order chi connectivity index (χ0) is 12.1. The van der Waals surface area contributed by atoms with Crippen LogP contribution in [0.2, 0.25) is 0 Å². The Labute approximate surface area is 104 Å². The smallest absolute Gasteiger partial charge is 0.0828 e. The minimum absolute atomic E-state index is 0.169. The molecule has 0 radical (unpaired) electrons. The van der Waals surface area contributed by atoms with Crippen LogP contribution in [0.1, 0.15) is 49.8 Å². The average Bonchev–Trinajstić information content (AvgIpc) is 2.36. The van der Waals surface area contributed by atoms with Gasteiger partial charge in [0, 0.05) is 0 Å². The number of hydrogen-bond donors (Lipinski definition) is 1. The summed E-state index contributed by atoms with van der Waals surface area (Å²) >= 11 is 0. The van der Waals surface area contributed by atoms with Gasteiger partial charge in [-0.1, -0.05) is 37.6 Å². The number of aliphatic hydroxyl groups excluding tert-OH is 1. The molecule has 0 amide bonds. The van der Waals surface area contributed by atoms with Crippen LogP contribution in [-0.4, -0.2) is 17.8 Å². The molecular weight excluding hydrogens is 212 g/mol. The van der Waals surface area contributed by atoms with E-state index in [0.717, 1.165) is 38.7 Å². The molecule has 17 heavy (non-hydrogen) atoms. The lowest BCUT2D eigenvalue weighted by Crippen LogP contribution is -2.18. The first kappa shape index (κ1) is 12.6. The molecular formula is C15H22O2. The number of ether oxygens (including phenoxy) is 1. The summed E-state index contributed by atoms with van der Waals surface area (Å²) in [7, 11) is 0. The first-order chi connectivity index (χ1) is 8.31. The maximum atomic E-state index is 9.77. The molecule has 94 valence electrons. The van der Waals surface area contributed by atoms with Crippen LogP contribution in [0.3, 0.4) is 0 Å². The number of aliphatic hydroxyl groups is 1. The van der Waals surface area contributed by atoms with E-state index < -0.39 is 0 Å². The van der Waals surface area contributed by atoms with Crippen molar-refractivity contribution >= 4 is 0 Å². The minimum atomic E-state index is -0.169. The molecule has 1 N–H and O–H groups in total. The second-order valence-corrected chi connectivity index (χ2v) is 4.83. The molecule has 0 saturated heterocycles. The Hall–Kier alpha value is -0.860. The summed E-state index contributed by atoms with van der Waals surface area (Å²) in [4.78, 5) is 0. The fourth-order valence-corrected chi connectivity index (χ4v) is 2.54. The van der Waals surface area contributed by atoms with Gasteiger partial charge >= 0.3 is 0 Å². The van der Waals surface area contributed by atoms with Crippen molar-refractivity contribution in [3.63, 3.8) is 0 Å². The molecule has 1 aliphatic rings. The highest BCUT2D eigenvalue weighted by molar-refractivity contribution is 5.30. The summed E-state index contributed by atoms with van der Waals surface area (Å²) in [5.41, 5.74) is 2.73. The van der Waals surface area contributed by atoms with E-state index in [-0.39, 0.29) is 12.2 Å². The van der Waals surface area contributed by atoms with Crippen LogP contribution in [0, 0.1) is 0 Å². The third-order valence-corrected chi connectivity index (χ3v) is 3.48. The van der Waals surface area contributed by atoms with Crippen LogP contribution >= 0.6 is 0 Å². The Balaban J connectivity index is 1.94. The summed E-state index contributed by atoms with van der Waals surface area (Å²) in [5, 5.41) is 9.77. The van der Waals surface area contributed by atoms with E-state index in [0.29, 0.717) is 0 Å². The summed E-state index contributed by atoms with van der Waals surface area (Å²) < 4.78 is 5.82. The highest BCUT2D eigenvalue weighted by Crippen LogP contribution is 2.30. The predicted molar refractivity (Wildman–Crippen MR) is 69.0 cm³/mol. The topological polar surface area (TPSA) is 29.5 Å². The van der Waals surface area contributed by atoms with Gasteiger partial charge in [0.05, 0.1) is 18.8 Å². The highest BCUT2D eigenvalue weighted by Gasteiger charge is 2.20. The van der Waals surface area contributed by atoms with Crippen molar-refractivity contribution in [1.29, 1.82) is 0 Å². The number of fused-ring (bicyclic) bond motifs is 1. The lowest BCUT2D eigenvalue weighted by molar-refractivity contribution is 0.0240. The number of benzene rings is 1. The average molecular weight is 234 g/mol. The van der Waals surface area contributed by atoms with Gasteiger partial charge in [0.15, 0.2) is 0 Å². The van der Waals surface area contributed by atoms with E-state index in [4.69, 9.17) is 4.74 Å². The van der Waals surface area contributed by atoms with Gasteiger partial charge < -0.3 is 9.84 Å². The summed E-state index contributed by atoms with van der Waals surface area (Å²) in [5.74, 6) is 0. The monoisotopic (exact) mass is 234 g/mol. The summed E-state index contributed by atoms with van der Waals surface area (Å²) in [6.07, 6.45) is 4.75. The van der Waals surface area contributed by atoms with Gasteiger partial charge in [-0.15, -0.1) is 0 Å². The van der Waals surface area contributed by atoms with Crippen molar-refractivity contribution in [3.05, 3.63) is 35.4 Å². The Morgan fingerprint density at radius 3 is 3.00 bits per heavy atom. The normalized spacial score (nSPS) is 20.9. The molecule has 0 aliphatic carbocycles. The fraction of sp³-hybridized carbons (Fsp3) is 0.600. The lowest BCUT2D eigenvalue weighted by Gasteiger charge is -2.26. The quantitative estimate of drug-likeness (QED) is 0.847. The van der Waals surface area contributed by atoms with Gasteiger partial charge in [-0.05, 0) is 36.8 Å². The standard InChI is InChI=1S/C15H22O2/c1-2-5-13(16)8-9-15-14-7-4-3-6-12(14)10-11-17-15/h3-4,6-7,13,15-16H,2,5,8-11H2,1H3. The first-order valence-electron chi connectivity index (χ1n) is 6.68. The molecule has 2 atom stereocenters. The van der Waals surface area contributed by atoms with Crippen LogP contribution in [-0.2, 0) is 11.2 Å². The molecule has 2 heteroatoms. The van der Waals surface area contributed by atoms with E-state index in [1.807, 2.05) is 0 Å². The molecule has 1 aromatic rings. The van der Waals surface area contributed by atoms with E-state index in [9.17, 15) is 5.11 Å². The largest absolute Gasteiger partial charge is 0.393 e. The van der Waals surface area contributed by atoms with Crippen LogP contribution in [0.25, 0.3) is 0 Å². The molecule has 2 rings (SSSR count). The third-order valence-electron chi connectivity index (χ3n) is 3.48. The maximum absolute atomic E-state index is 9.77. The molecule has 0 fully saturated rings. The van der Waals surface area contributed by atoms with Crippen molar-refractivity contribution in [2.45, 2.75) is 51.2 Å². The van der Waals surface area contributed by atoms with Crippen molar-refractivity contribution in [2.75, 3.05) is 6.61 Å². The van der Waals surface area contributed by atoms with Gasteiger partial charge in [0.1, 0.15) is 0 Å². The van der Waals surface area contributed by atoms with Gasteiger partial charge in [-0.3, -0.25) is 0 Å². The molecule has 0 saturated carbocycles. The van der Waals surface area contributed by atoms with Gasteiger partial charge in [0.2, 0.25) is 0 Å². The molecule has 1 aromatic carbocycles. The molecule has 1 aliphatic heterocycles. The van der Waals surface area contributed by atoms with E-state index >= 15 is 0 Å². The summed E-state index contributed by atoms with van der Waals surface area (Å²) in [6, 6.07) is 8.51. The first-order valence-corrected chi connectivity index (χ1v) is 6.68. The maximum Gasteiger partial charge on any atom is 0.0828 e. The van der Waals surface area contributed by atoms with Crippen LogP contribution in [0.5, 0.6) is 0 Å². The molecule has 0 aromatic heterocycles. The molecule has 0 bridgehead atoms. The third kappa shape index (κ3) is 3.30. The zero-order valence-electron chi connectivity index (χ0n) is 10.6. The molecule has 2 unspecified atom stereocenters. The van der Waals surface area contributed by atoms with Crippen molar-refractivity contribution < 1.29 is 9.84 Å². The lowest BCUT2D eigenvalue weighted by atomic mass is 9.93. The number of rotatable bonds is 5. The van der Waals surface area contributed by atoms with E-state index in [2.05, 4.69) is 31.2 Å². The zero-order valence-corrected chi connectivity index (χ0v) is 10.6. The van der Waals surface area contributed by atoms with Crippen LogP contribution < -0.4 is 0 Å². The molecule has 1 heterocycles. The van der Waals surface area contributed by atoms with Crippen molar-refractivity contribution in [3.8, 4) is 0 Å². The minimum Gasteiger partial charge on any atom is -0.393 e. The van der Waals surface area contributed by atoms with E-state index in [1.54, 1.807) is 0 Å². The Kier molecular flexibility index (Phi) is 4.57. The highest BCUT2D eigenvalue weighted by atomic mass is 16.5. The van der Waals surface area contributed by atoms with Gasteiger partial charge in [-0.25, -0.2) is 0 Å². The predicted octanol–water partition coefficient (Wildman–Crippen LogP) is 3.24. The van der Waals surface area contributed by atoms with Gasteiger partial charge in [-0.2, -0.15) is 0 Å². The van der Waals surface area contributed by atoms with E-state index in [1.165, 1.54) is 11.1 Å². The molecule has 2 nitrogen and oxygen atoms in total. The second kappa shape index (κ2) is 6.18. The summed E-state index contributed by atoms with van der Waals surface area (Å²) in [6.45, 7) is 2.92.